The van der Waals surface area contributed by atoms with Gasteiger partial charge in [0.1, 0.15) is 0 Å². The number of carbonyl (C=O) groups is 2. The van der Waals surface area contributed by atoms with Gasteiger partial charge in [-0.05, 0) is 75.5 Å². The Balaban J connectivity index is 0.000000260. The van der Waals surface area contributed by atoms with Crippen LogP contribution in [0, 0.1) is 11.8 Å². The van der Waals surface area contributed by atoms with Gasteiger partial charge >= 0.3 is 0 Å². The highest BCUT2D eigenvalue weighted by atomic mass is 32.2. The number of rotatable bonds is 9. The molecule has 13 heteroatoms. The van der Waals surface area contributed by atoms with Crippen LogP contribution in [0.4, 0.5) is 11.4 Å². The Labute approximate surface area is 218 Å². The molecule has 1 heterocycles. The number of hydrogen-bond donors (Lipinski definition) is 4. The molecule has 0 aromatic heterocycles. The Morgan fingerprint density at radius 2 is 1.46 bits per heavy atom. The molecule has 2 amide bonds. The minimum atomic E-state index is -3.46. The Morgan fingerprint density at radius 3 is 1.86 bits per heavy atom. The second-order valence-electron chi connectivity index (χ2n) is 8.52. The van der Waals surface area contributed by atoms with Gasteiger partial charge in [-0.3, -0.25) is 9.59 Å². The number of nitrogens with zero attached hydrogens (tertiary/aromatic N) is 1. The van der Waals surface area contributed by atoms with Crippen molar-refractivity contribution in [2.24, 2.45) is 11.8 Å². The number of aliphatic hydroxyl groups excluding tert-OH is 1. The van der Waals surface area contributed by atoms with E-state index in [0.29, 0.717) is 18.7 Å². The van der Waals surface area contributed by atoms with Crippen LogP contribution in [0.25, 0.3) is 0 Å². The zero-order valence-electron chi connectivity index (χ0n) is 21.3. The Bertz CT molecular complexity index is 1280. The maximum absolute atomic E-state index is 11.8. The molecule has 0 spiro atoms. The first kappa shape index (κ1) is 30.4. The second-order valence-corrected chi connectivity index (χ2v) is 12.3. The van der Waals surface area contributed by atoms with Crippen LogP contribution in [0.15, 0.2) is 58.3 Å². The van der Waals surface area contributed by atoms with Gasteiger partial charge in [0.05, 0.1) is 9.79 Å². The van der Waals surface area contributed by atoms with Crippen molar-refractivity contribution < 1.29 is 31.5 Å². The summed E-state index contributed by atoms with van der Waals surface area (Å²) in [5.41, 5.74) is 1.27. The topological polar surface area (TPSA) is 162 Å². The molecular formula is C24H34N4O7S2. The maximum Gasteiger partial charge on any atom is 0.240 e. The molecule has 204 valence electrons. The Kier molecular flexibility index (Phi) is 10.8. The van der Waals surface area contributed by atoms with Crippen LogP contribution in [0.2, 0.25) is 0 Å². The molecule has 2 aromatic carbocycles. The van der Waals surface area contributed by atoms with Crippen LogP contribution in [0.3, 0.4) is 0 Å². The molecule has 1 aliphatic heterocycles. The summed E-state index contributed by atoms with van der Waals surface area (Å²) in [5, 5.41) is 11.4. The van der Waals surface area contributed by atoms with E-state index in [9.17, 15) is 26.4 Å². The Hall–Kier alpha value is -2.84. The maximum atomic E-state index is 11.8. The highest BCUT2D eigenvalue weighted by molar-refractivity contribution is 7.89. The van der Waals surface area contributed by atoms with E-state index < -0.39 is 20.0 Å². The fraction of sp³-hybridized carbons (Fsp3) is 0.417. The molecule has 1 saturated heterocycles. The van der Waals surface area contributed by atoms with Gasteiger partial charge in [-0.25, -0.2) is 26.3 Å². The summed E-state index contributed by atoms with van der Waals surface area (Å²) >= 11 is 0. The van der Waals surface area contributed by atoms with E-state index in [1.54, 1.807) is 24.0 Å². The first-order valence-corrected chi connectivity index (χ1v) is 14.6. The molecule has 2 unspecified atom stereocenters. The van der Waals surface area contributed by atoms with Gasteiger partial charge in [0.25, 0.3) is 0 Å². The van der Waals surface area contributed by atoms with E-state index in [2.05, 4.69) is 14.8 Å². The van der Waals surface area contributed by atoms with Crippen molar-refractivity contribution >= 4 is 43.2 Å². The number of anilines is 2. The van der Waals surface area contributed by atoms with Crippen LogP contribution in [0.5, 0.6) is 0 Å². The zero-order chi connectivity index (χ0) is 27.8. The number of aliphatic hydroxyl groups is 1. The average molecular weight is 555 g/mol. The summed E-state index contributed by atoms with van der Waals surface area (Å²) in [6, 6.07) is 12.2. The molecule has 0 radical (unpaired) electrons. The van der Waals surface area contributed by atoms with Gasteiger partial charge in [0.15, 0.2) is 0 Å². The van der Waals surface area contributed by atoms with E-state index in [1.807, 2.05) is 6.92 Å². The van der Waals surface area contributed by atoms with Crippen LogP contribution in [0.1, 0.15) is 26.7 Å². The zero-order valence-corrected chi connectivity index (χ0v) is 22.9. The standard InChI is InChI=1S/C12H18N2O4S.C12H16N2O3S/c1-9(7-8-15)12(16)14-10-3-5-11(6-4-10)19(17,18)13-2;1-9-7-8-14(12(9)15)10-3-5-11(6-4-10)18(16,17)13-2/h3-6,9,13,15H,7-8H2,1-2H3,(H,14,16);3-6,9,13H,7-8H2,1-2H3. The van der Waals surface area contributed by atoms with E-state index in [-0.39, 0.29) is 40.0 Å². The summed E-state index contributed by atoms with van der Waals surface area (Å²) in [6.45, 7) is 4.26. The van der Waals surface area contributed by atoms with Crippen molar-refractivity contribution in [1.29, 1.82) is 0 Å². The number of hydrogen-bond acceptors (Lipinski definition) is 7. The third-order valence-electron chi connectivity index (χ3n) is 5.91. The van der Waals surface area contributed by atoms with Gasteiger partial charge in [-0.15, -0.1) is 0 Å². The lowest BCUT2D eigenvalue weighted by atomic mass is 10.1. The van der Waals surface area contributed by atoms with Crippen molar-refractivity contribution in [2.45, 2.75) is 36.5 Å². The SMILES string of the molecule is CNS(=O)(=O)c1ccc(N2CCC(C)C2=O)cc1.CNS(=O)(=O)c1ccc(NC(=O)C(C)CCO)cc1. The van der Waals surface area contributed by atoms with E-state index in [0.717, 1.165) is 12.1 Å². The fourth-order valence-electron chi connectivity index (χ4n) is 3.43. The molecule has 0 saturated carbocycles. The summed E-state index contributed by atoms with van der Waals surface area (Å²) < 4.78 is 50.6. The van der Waals surface area contributed by atoms with Gasteiger partial charge in [0, 0.05) is 36.4 Å². The largest absolute Gasteiger partial charge is 0.396 e. The molecule has 4 N–H and O–H groups in total. The summed E-state index contributed by atoms with van der Waals surface area (Å²) in [7, 11) is -4.18. The van der Waals surface area contributed by atoms with Crippen molar-refractivity contribution in [1.82, 2.24) is 9.44 Å². The number of benzene rings is 2. The quantitative estimate of drug-likeness (QED) is 0.365. The van der Waals surface area contributed by atoms with Crippen LogP contribution in [-0.4, -0.2) is 61.0 Å². The smallest absolute Gasteiger partial charge is 0.240 e. The average Bonchev–Trinajstić information content (AvgIpc) is 3.22. The summed E-state index contributed by atoms with van der Waals surface area (Å²) in [6.07, 6.45) is 1.23. The number of amides is 2. The minimum absolute atomic E-state index is 0.0470. The third-order valence-corrected chi connectivity index (χ3v) is 8.77. The highest BCUT2D eigenvalue weighted by Gasteiger charge is 2.29. The summed E-state index contributed by atoms with van der Waals surface area (Å²) in [5.74, 6) is -0.367. The first-order chi connectivity index (χ1) is 17.4. The monoisotopic (exact) mass is 554 g/mol. The molecule has 0 aliphatic carbocycles. The van der Waals surface area contributed by atoms with Gasteiger partial charge in [-0.2, -0.15) is 0 Å². The van der Waals surface area contributed by atoms with Crippen LogP contribution < -0.4 is 19.7 Å². The first-order valence-electron chi connectivity index (χ1n) is 11.7. The molecule has 2 aromatic rings. The molecule has 11 nitrogen and oxygen atoms in total. The van der Waals surface area contributed by atoms with Crippen molar-refractivity contribution in [3.8, 4) is 0 Å². The number of sulfonamides is 2. The molecular weight excluding hydrogens is 520 g/mol. The fourth-order valence-corrected chi connectivity index (χ4v) is 4.89. The van der Waals surface area contributed by atoms with Crippen LogP contribution in [-0.2, 0) is 29.6 Å². The third kappa shape index (κ3) is 8.07. The van der Waals surface area contributed by atoms with Crippen molar-refractivity contribution in [3.63, 3.8) is 0 Å². The van der Waals surface area contributed by atoms with Crippen LogP contribution >= 0.6 is 0 Å². The van der Waals surface area contributed by atoms with Gasteiger partial charge in [-0.1, -0.05) is 13.8 Å². The molecule has 1 fully saturated rings. The van der Waals surface area contributed by atoms with Crippen molar-refractivity contribution in [3.05, 3.63) is 48.5 Å². The second kappa shape index (κ2) is 13.1. The highest BCUT2D eigenvalue weighted by Crippen LogP contribution is 2.25. The molecule has 1 aliphatic rings. The molecule has 0 bridgehead atoms. The molecule has 2 atom stereocenters. The van der Waals surface area contributed by atoms with Crippen molar-refractivity contribution in [2.75, 3.05) is 37.5 Å². The molecule has 37 heavy (non-hydrogen) atoms. The van der Waals surface area contributed by atoms with Gasteiger partial charge < -0.3 is 15.3 Å². The lowest BCUT2D eigenvalue weighted by molar-refractivity contribution is -0.120. The predicted molar refractivity (Wildman–Crippen MR) is 141 cm³/mol. The summed E-state index contributed by atoms with van der Waals surface area (Å²) in [4.78, 5) is 25.6. The van der Waals surface area contributed by atoms with E-state index >= 15 is 0 Å². The normalized spacial score (nSPS) is 16.6. The number of nitrogens with one attached hydrogen (secondary N) is 3. The molecule has 3 rings (SSSR count). The Morgan fingerprint density at radius 1 is 0.973 bits per heavy atom. The minimum Gasteiger partial charge on any atom is -0.396 e. The lowest BCUT2D eigenvalue weighted by Crippen LogP contribution is -2.26. The lowest BCUT2D eigenvalue weighted by Gasteiger charge is -2.16. The predicted octanol–water partition coefficient (Wildman–Crippen LogP) is 1.52. The van der Waals surface area contributed by atoms with E-state index in [1.165, 1.54) is 50.5 Å². The van der Waals surface area contributed by atoms with E-state index in [4.69, 9.17) is 5.11 Å². The van der Waals surface area contributed by atoms with Gasteiger partial charge in [0.2, 0.25) is 31.9 Å². The number of carbonyl (C=O) groups excluding carboxylic acids is 2.